The fourth-order valence-electron chi connectivity index (χ4n) is 2.12. The molecule has 7 heteroatoms. The first kappa shape index (κ1) is 14.8. The van der Waals surface area contributed by atoms with E-state index in [-0.39, 0.29) is 43.5 Å². The zero-order valence-electron chi connectivity index (χ0n) is 11.7. The predicted octanol–water partition coefficient (Wildman–Crippen LogP) is 0.755. The van der Waals surface area contributed by atoms with E-state index < -0.39 is 0 Å². The molecule has 1 heterocycles. The van der Waals surface area contributed by atoms with Crippen molar-refractivity contribution < 1.29 is 19.1 Å². The van der Waals surface area contributed by atoms with E-state index in [1.54, 1.807) is 18.2 Å². The smallest absolute Gasteiger partial charge is 0.229 e. The van der Waals surface area contributed by atoms with Crippen LogP contribution in [0.15, 0.2) is 18.2 Å². The molecule has 112 valence electrons. The lowest BCUT2D eigenvalue weighted by Crippen LogP contribution is -2.32. The highest BCUT2D eigenvalue weighted by Crippen LogP contribution is 2.26. The van der Waals surface area contributed by atoms with Gasteiger partial charge < -0.3 is 15.8 Å². The Kier molecular flexibility index (Phi) is 4.42. The number of nitrogens with zero attached hydrogens (tertiary/aromatic N) is 1. The summed E-state index contributed by atoms with van der Waals surface area (Å²) in [5.74, 6) is -0.277. The minimum Gasteiger partial charge on any atom is -0.495 e. The molecular formula is C14H17N3O4. The van der Waals surface area contributed by atoms with Gasteiger partial charge in [0.05, 0.1) is 12.8 Å². The van der Waals surface area contributed by atoms with Gasteiger partial charge in [-0.2, -0.15) is 0 Å². The van der Waals surface area contributed by atoms with Crippen molar-refractivity contribution in [3.8, 4) is 5.75 Å². The van der Waals surface area contributed by atoms with Gasteiger partial charge in [0.1, 0.15) is 5.75 Å². The summed E-state index contributed by atoms with van der Waals surface area (Å²) in [4.78, 5) is 35.9. The van der Waals surface area contributed by atoms with E-state index in [4.69, 9.17) is 10.5 Å². The van der Waals surface area contributed by atoms with E-state index in [1.807, 2.05) is 0 Å². The second-order valence-corrected chi connectivity index (χ2v) is 4.70. The van der Waals surface area contributed by atoms with Gasteiger partial charge >= 0.3 is 0 Å². The summed E-state index contributed by atoms with van der Waals surface area (Å²) in [7, 11) is 1.49. The number of carbonyl (C=O) groups is 3. The third-order valence-corrected chi connectivity index (χ3v) is 3.21. The van der Waals surface area contributed by atoms with E-state index in [0.717, 1.165) is 4.90 Å². The number of likely N-dealkylation sites (tertiary alicyclic amines) is 1. The standard InChI is InChI=1S/C14H17N3O4/c1-21-11-3-2-9(15)8-10(11)16-12(18)6-7-17-13(19)4-5-14(17)20/h2-3,8H,4-7,15H2,1H3,(H,16,18). The molecule has 1 aliphatic heterocycles. The van der Waals surface area contributed by atoms with Crippen molar-refractivity contribution in [2.45, 2.75) is 19.3 Å². The van der Waals surface area contributed by atoms with Gasteiger partial charge in [0.15, 0.2) is 0 Å². The van der Waals surface area contributed by atoms with Crippen molar-refractivity contribution in [1.29, 1.82) is 0 Å². The van der Waals surface area contributed by atoms with Crippen LogP contribution in [0.2, 0.25) is 0 Å². The Labute approximate surface area is 122 Å². The topological polar surface area (TPSA) is 102 Å². The van der Waals surface area contributed by atoms with Gasteiger partial charge in [-0.15, -0.1) is 0 Å². The van der Waals surface area contributed by atoms with Crippen LogP contribution in [0.5, 0.6) is 5.75 Å². The molecule has 0 spiro atoms. The summed E-state index contributed by atoms with van der Waals surface area (Å²) < 4.78 is 5.12. The number of nitrogens with two attached hydrogens (primary N) is 1. The average Bonchev–Trinajstić information content (AvgIpc) is 2.76. The molecule has 1 saturated heterocycles. The zero-order valence-corrected chi connectivity index (χ0v) is 11.7. The molecule has 2 rings (SSSR count). The van der Waals surface area contributed by atoms with E-state index in [2.05, 4.69) is 5.32 Å². The number of ether oxygens (including phenoxy) is 1. The van der Waals surface area contributed by atoms with Gasteiger partial charge in [0.25, 0.3) is 0 Å². The Morgan fingerprint density at radius 3 is 2.62 bits per heavy atom. The summed E-state index contributed by atoms with van der Waals surface area (Å²) in [6, 6.07) is 4.90. The fraction of sp³-hybridized carbons (Fsp3) is 0.357. The van der Waals surface area contributed by atoms with Gasteiger partial charge in [-0.05, 0) is 18.2 Å². The van der Waals surface area contributed by atoms with Crippen LogP contribution in [0.3, 0.4) is 0 Å². The molecule has 0 radical (unpaired) electrons. The predicted molar refractivity (Wildman–Crippen MR) is 76.6 cm³/mol. The molecule has 0 atom stereocenters. The lowest BCUT2D eigenvalue weighted by atomic mass is 10.2. The Bertz CT molecular complexity index is 570. The highest BCUT2D eigenvalue weighted by Gasteiger charge is 2.28. The first-order valence-corrected chi connectivity index (χ1v) is 6.58. The number of hydrogen-bond acceptors (Lipinski definition) is 5. The van der Waals surface area contributed by atoms with Gasteiger partial charge in [-0.1, -0.05) is 0 Å². The first-order chi connectivity index (χ1) is 10.0. The molecule has 0 unspecified atom stereocenters. The molecule has 0 bridgehead atoms. The number of rotatable bonds is 5. The lowest BCUT2D eigenvalue weighted by Gasteiger charge is -2.14. The van der Waals surface area contributed by atoms with E-state index in [1.165, 1.54) is 7.11 Å². The number of amides is 3. The molecule has 3 N–H and O–H groups in total. The number of anilines is 2. The third-order valence-electron chi connectivity index (χ3n) is 3.21. The summed E-state index contributed by atoms with van der Waals surface area (Å²) >= 11 is 0. The number of nitrogen functional groups attached to an aromatic ring is 1. The Hall–Kier alpha value is -2.57. The Morgan fingerprint density at radius 2 is 2.00 bits per heavy atom. The van der Waals surface area contributed by atoms with Crippen LogP contribution in [0.4, 0.5) is 11.4 Å². The molecule has 21 heavy (non-hydrogen) atoms. The summed E-state index contributed by atoms with van der Waals surface area (Å²) in [5.41, 5.74) is 6.62. The van der Waals surface area contributed by atoms with Crippen LogP contribution in [-0.2, 0) is 14.4 Å². The number of methoxy groups -OCH3 is 1. The molecule has 1 aliphatic rings. The van der Waals surface area contributed by atoms with Gasteiger partial charge in [-0.25, -0.2) is 0 Å². The average molecular weight is 291 g/mol. The molecular weight excluding hydrogens is 274 g/mol. The largest absolute Gasteiger partial charge is 0.495 e. The number of imide groups is 1. The molecule has 0 aliphatic carbocycles. The summed E-state index contributed by atoms with van der Waals surface area (Å²) in [6.45, 7) is 0.0914. The molecule has 7 nitrogen and oxygen atoms in total. The quantitative estimate of drug-likeness (QED) is 0.616. The monoisotopic (exact) mass is 291 g/mol. The van der Waals surface area contributed by atoms with Crippen molar-refractivity contribution in [2.24, 2.45) is 0 Å². The second kappa shape index (κ2) is 6.25. The number of nitrogens with one attached hydrogen (secondary N) is 1. The maximum absolute atomic E-state index is 11.9. The molecule has 1 fully saturated rings. The van der Waals surface area contributed by atoms with E-state index >= 15 is 0 Å². The van der Waals surface area contributed by atoms with Crippen LogP contribution in [0, 0.1) is 0 Å². The highest BCUT2D eigenvalue weighted by atomic mass is 16.5. The molecule has 0 aromatic heterocycles. The Balaban J connectivity index is 1.94. The summed E-state index contributed by atoms with van der Waals surface area (Å²) in [5, 5.41) is 2.66. The fourth-order valence-corrected chi connectivity index (χ4v) is 2.12. The van der Waals surface area contributed by atoms with Crippen LogP contribution in [-0.4, -0.2) is 36.3 Å². The van der Waals surface area contributed by atoms with Crippen LogP contribution >= 0.6 is 0 Å². The molecule has 1 aromatic carbocycles. The van der Waals surface area contributed by atoms with Crippen molar-refractivity contribution >= 4 is 29.1 Å². The molecule has 3 amide bonds. The summed E-state index contributed by atoms with van der Waals surface area (Å²) in [6.07, 6.45) is 0.489. The maximum atomic E-state index is 11.9. The maximum Gasteiger partial charge on any atom is 0.229 e. The van der Waals surface area contributed by atoms with E-state index in [0.29, 0.717) is 17.1 Å². The zero-order chi connectivity index (χ0) is 15.4. The third kappa shape index (κ3) is 3.50. The van der Waals surface area contributed by atoms with Gasteiger partial charge in [0, 0.05) is 31.5 Å². The second-order valence-electron chi connectivity index (χ2n) is 4.70. The van der Waals surface area contributed by atoms with Crippen LogP contribution in [0.25, 0.3) is 0 Å². The van der Waals surface area contributed by atoms with Gasteiger partial charge in [-0.3, -0.25) is 19.3 Å². The minimum absolute atomic E-state index is 0.0371. The lowest BCUT2D eigenvalue weighted by molar-refractivity contribution is -0.138. The SMILES string of the molecule is COc1ccc(N)cc1NC(=O)CCN1C(=O)CCC1=O. The minimum atomic E-state index is -0.314. The van der Waals surface area contributed by atoms with Crippen molar-refractivity contribution in [2.75, 3.05) is 24.7 Å². The van der Waals surface area contributed by atoms with Crippen molar-refractivity contribution in [3.63, 3.8) is 0 Å². The van der Waals surface area contributed by atoms with Crippen molar-refractivity contribution in [1.82, 2.24) is 4.90 Å². The van der Waals surface area contributed by atoms with E-state index in [9.17, 15) is 14.4 Å². The van der Waals surface area contributed by atoms with Crippen LogP contribution < -0.4 is 15.8 Å². The first-order valence-electron chi connectivity index (χ1n) is 6.58. The number of carbonyl (C=O) groups excluding carboxylic acids is 3. The highest BCUT2D eigenvalue weighted by molar-refractivity contribution is 6.02. The van der Waals surface area contributed by atoms with Gasteiger partial charge in [0.2, 0.25) is 17.7 Å². The number of benzene rings is 1. The van der Waals surface area contributed by atoms with Crippen LogP contribution in [0.1, 0.15) is 19.3 Å². The number of hydrogen-bond donors (Lipinski definition) is 2. The Morgan fingerprint density at radius 1 is 1.33 bits per heavy atom. The molecule has 0 saturated carbocycles. The van der Waals surface area contributed by atoms with Crippen molar-refractivity contribution in [3.05, 3.63) is 18.2 Å². The normalized spacial score (nSPS) is 14.4. The molecule has 1 aromatic rings.